The monoisotopic (exact) mass is 395 g/mol. The summed E-state index contributed by atoms with van der Waals surface area (Å²) in [4.78, 5) is 21.5. The van der Waals surface area contributed by atoms with Gasteiger partial charge >= 0.3 is 0 Å². The van der Waals surface area contributed by atoms with Crippen LogP contribution in [0.15, 0.2) is 54.9 Å². The summed E-state index contributed by atoms with van der Waals surface area (Å²) in [5.74, 6) is -0.588. The van der Waals surface area contributed by atoms with Crippen LogP contribution in [-0.4, -0.2) is 25.7 Å². The van der Waals surface area contributed by atoms with E-state index in [9.17, 15) is 9.18 Å². The van der Waals surface area contributed by atoms with Crippen molar-refractivity contribution in [1.82, 2.24) is 25.1 Å². The van der Waals surface area contributed by atoms with E-state index in [-0.39, 0.29) is 18.3 Å². The molecule has 0 aliphatic rings. The van der Waals surface area contributed by atoms with Crippen LogP contribution < -0.4 is 5.32 Å². The van der Waals surface area contributed by atoms with Gasteiger partial charge in [0.05, 0.1) is 22.8 Å². The second kappa shape index (κ2) is 7.36. The molecule has 6 nitrogen and oxygen atoms in total. The number of rotatable bonds is 4. The van der Waals surface area contributed by atoms with Crippen LogP contribution in [0, 0.1) is 5.82 Å². The highest BCUT2D eigenvalue weighted by Gasteiger charge is 2.17. The number of benzene rings is 1. The molecular formula is C20H15ClFN5O. The number of aromatic nitrogens is 4. The number of halogens is 2. The van der Waals surface area contributed by atoms with E-state index in [0.717, 1.165) is 11.1 Å². The molecule has 0 fully saturated rings. The Hall–Kier alpha value is -3.32. The number of fused-ring (bicyclic) bond motifs is 1. The van der Waals surface area contributed by atoms with Crippen molar-refractivity contribution < 1.29 is 9.18 Å². The summed E-state index contributed by atoms with van der Waals surface area (Å²) in [6.45, 7) is 0.279. The van der Waals surface area contributed by atoms with Gasteiger partial charge in [0.15, 0.2) is 5.65 Å². The van der Waals surface area contributed by atoms with Crippen LogP contribution in [0.2, 0.25) is 5.15 Å². The van der Waals surface area contributed by atoms with E-state index in [2.05, 4.69) is 20.4 Å². The SMILES string of the molecule is Cn1ncc2c(C(=O)NCc3ccc(F)cc3)cc(-c3ccc(Cl)nc3)nc21. The van der Waals surface area contributed by atoms with Crippen LogP contribution in [-0.2, 0) is 13.6 Å². The normalized spacial score (nSPS) is 11.0. The van der Waals surface area contributed by atoms with Crippen LogP contribution in [0.1, 0.15) is 15.9 Å². The molecule has 3 heterocycles. The van der Waals surface area contributed by atoms with E-state index < -0.39 is 0 Å². The van der Waals surface area contributed by atoms with Crippen molar-refractivity contribution in [2.75, 3.05) is 0 Å². The third-order valence-electron chi connectivity index (χ3n) is 4.34. The highest BCUT2D eigenvalue weighted by molar-refractivity contribution is 6.29. The third-order valence-corrected chi connectivity index (χ3v) is 4.56. The standard InChI is InChI=1S/C20H15ClFN5O/c1-27-19-16(11-25-27)15(8-17(26-19)13-4-7-18(21)23-10-13)20(28)24-9-12-2-5-14(22)6-3-12/h2-8,10-11H,9H2,1H3,(H,24,28). The fourth-order valence-electron chi connectivity index (χ4n) is 2.86. The average Bonchev–Trinajstić information content (AvgIpc) is 3.08. The molecule has 0 atom stereocenters. The fraction of sp³-hybridized carbons (Fsp3) is 0.100. The van der Waals surface area contributed by atoms with Crippen molar-refractivity contribution in [2.24, 2.45) is 7.05 Å². The zero-order chi connectivity index (χ0) is 19.7. The maximum atomic E-state index is 13.0. The summed E-state index contributed by atoms with van der Waals surface area (Å²) >= 11 is 5.86. The van der Waals surface area contributed by atoms with Crippen LogP contribution in [0.3, 0.4) is 0 Å². The summed E-state index contributed by atoms with van der Waals surface area (Å²) < 4.78 is 14.7. The molecule has 3 aromatic heterocycles. The second-order valence-corrected chi connectivity index (χ2v) is 6.63. The van der Waals surface area contributed by atoms with Crippen molar-refractivity contribution in [3.8, 4) is 11.3 Å². The summed E-state index contributed by atoms with van der Waals surface area (Å²) in [6, 6.07) is 11.1. The minimum Gasteiger partial charge on any atom is -0.348 e. The Bertz CT molecular complexity index is 1160. The molecule has 4 rings (SSSR count). The smallest absolute Gasteiger partial charge is 0.252 e. The molecule has 140 valence electrons. The zero-order valence-electron chi connectivity index (χ0n) is 14.9. The lowest BCUT2D eigenvalue weighted by atomic mass is 10.1. The van der Waals surface area contributed by atoms with E-state index in [4.69, 9.17) is 11.6 Å². The van der Waals surface area contributed by atoms with Crippen LogP contribution in [0.25, 0.3) is 22.3 Å². The van der Waals surface area contributed by atoms with E-state index >= 15 is 0 Å². The molecule has 0 saturated heterocycles. The van der Waals surface area contributed by atoms with E-state index in [1.165, 1.54) is 12.1 Å². The van der Waals surface area contributed by atoms with Crippen LogP contribution >= 0.6 is 11.6 Å². The highest BCUT2D eigenvalue weighted by atomic mass is 35.5. The average molecular weight is 396 g/mol. The molecule has 0 radical (unpaired) electrons. The number of nitrogens with one attached hydrogen (secondary N) is 1. The first-order valence-electron chi connectivity index (χ1n) is 8.48. The summed E-state index contributed by atoms with van der Waals surface area (Å²) in [5, 5.41) is 8.09. The fourth-order valence-corrected chi connectivity index (χ4v) is 2.97. The highest BCUT2D eigenvalue weighted by Crippen LogP contribution is 2.25. The predicted molar refractivity (Wildman–Crippen MR) is 104 cm³/mol. The Morgan fingerprint density at radius 1 is 1.18 bits per heavy atom. The summed E-state index contributed by atoms with van der Waals surface area (Å²) in [7, 11) is 1.76. The van der Waals surface area contributed by atoms with E-state index in [1.807, 2.05) is 0 Å². The molecule has 0 bridgehead atoms. The Labute approximate surface area is 165 Å². The number of carbonyl (C=O) groups excluding carboxylic acids is 1. The molecule has 1 N–H and O–H groups in total. The summed E-state index contributed by atoms with van der Waals surface area (Å²) in [5.41, 5.74) is 3.16. The number of hydrogen-bond acceptors (Lipinski definition) is 4. The molecule has 8 heteroatoms. The molecule has 0 saturated carbocycles. The van der Waals surface area contributed by atoms with Gasteiger partial charge in [0.1, 0.15) is 11.0 Å². The van der Waals surface area contributed by atoms with Gasteiger partial charge in [0.2, 0.25) is 0 Å². The Kier molecular flexibility index (Phi) is 4.75. The van der Waals surface area contributed by atoms with Crippen LogP contribution in [0.5, 0.6) is 0 Å². The lowest BCUT2D eigenvalue weighted by Crippen LogP contribution is -2.23. The molecule has 28 heavy (non-hydrogen) atoms. The Morgan fingerprint density at radius 2 is 1.96 bits per heavy atom. The van der Waals surface area contributed by atoms with Crippen LogP contribution in [0.4, 0.5) is 4.39 Å². The number of nitrogens with zero attached hydrogens (tertiary/aromatic N) is 4. The van der Waals surface area contributed by atoms with Crippen molar-refractivity contribution in [3.05, 3.63) is 77.0 Å². The predicted octanol–water partition coefficient (Wildman–Crippen LogP) is 3.75. The largest absolute Gasteiger partial charge is 0.348 e. The van der Waals surface area contributed by atoms with Gasteiger partial charge in [0, 0.05) is 25.4 Å². The van der Waals surface area contributed by atoms with Crippen molar-refractivity contribution in [1.29, 1.82) is 0 Å². The Morgan fingerprint density at radius 3 is 2.68 bits per heavy atom. The molecule has 0 spiro atoms. The van der Waals surface area contributed by atoms with E-state index in [1.54, 1.807) is 54.5 Å². The third kappa shape index (κ3) is 3.57. The summed E-state index contributed by atoms with van der Waals surface area (Å²) in [6.07, 6.45) is 3.21. The molecular weight excluding hydrogens is 381 g/mol. The quantitative estimate of drug-likeness (QED) is 0.534. The molecule has 0 unspecified atom stereocenters. The Balaban J connectivity index is 1.69. The van der Waals surface area contributed by atoms with Gasteiger partial charge in [-0.1, -0.05) is 23.7 Å². The molecule has 1 amide bonds. The first kappa shape index (κ1) is 18.1. The minimum absolute atomic E-state index is 0.270. The lowest BCUT2D eigenvalue weighted by molar-refractivity contribution is 0.0952. The van der Waals surface area contributed by atoms with Crippen molar-refractivity contribution in [3.63, 3.8) is 0 Å². The van der Waals surface area contributed by atoms with E-state index in [0.29, 0.717) is 27.4 Å². The molecule has 0 aliphatic heterocycles. The molecule has 4 aromatic rings. The number of pyridine rings is 2. The van der Waals surface area contributed by atoms with Crippen molar-refractivity contribution in [2.45, 2.75) is 6.54 Å². The zero-order valence-corrected chi connectivity index (χ0v) is 15.6. The van der Waals surface area contributed by atoms with Gasteiger partial charge in [-0.25, -0.2) is 14.4 Å². The number of carbonyl (C=O) groups is 1. The minimum atomic E-state index is -0.317. The lowest BCUT2D eigenvalue weighted by Gasteiger charge is -2.09. The molecule has 1 aromatic carbocycles. The number of aryl methyl sites for hydroxylation is 1. The maximum absolute atomic E-state index is 13.0. The first-order chi connectivity index (χ1) is 13.5. The van der Waals surface area contributed by atoms with Gasteiger partial charge in [-0.15, -0.1) is 0 Å². The van der Waals surface area contributed by atoms with Gasteiger partial charge < -0.3 is 5.32 Å². The number of amides is 1. The van der Waals surface area contributed by atoms with Gasteiger partial charge in [-0.05, 0) is 35.9 Å². The topological polar surface area (TPSA) is 72.7 Å². The number of hydrogen-bond donors (Lipinski definition) is 1. The second-order valence-electron chi connectivity index (χ2n) is 6.24. The van der Waals surface area contributed by atoms with Gasteiger partial charge in [-0.3, -0.25) is 9.48 Å². The molecule has 0 aliphatic carbocycles. The first-order valence-corrected chi connectivity index (χ1v) is 8.86. The van der Waals surface area contributed by atoms with Crippen molar-refractivity contribution >= 4 is 28.5 Å². The van der Waals surface area contributed by atoms with Gasteiger partial charge in [0.25, 0.3) is 5.91 Å². The maximum Gasteiger partial charge on any atom is 0.252 e. The van der Waals surface area contributed by atoms with Gasteiger partial charge in [-0.2, -0.15) is 5.10 Å².